The van der Waals surface area contributed by atoms with Crippen molar-refractivity contribution in [1.82, 2.24) is 0 Å². The first-order chi connectivity index (χ1) is 18.6. The topological polar surface area (TPSA) is 51.2 Å². The summed E-state index contributed by atoms with van der Waals surface area (Å²) in [6, 6.07) is 40.1. The van der Waals surface area contributed by atoms with Gasteiger partial charge in [0.05, 0.1) is 0 Å². The number of carbonyl (C=O) groups is 3. The molecule has 0 N–H and O–H groups in total. The van der Waals surface area contributed by atoms with Crippen LogP contribution in [0.5, 0.6) is 0 Å². The van der Waals surface area contributed by atoms with Crippen LogP contribution >= 0.6 is 0 Å². The van der Waals surface area contributed by atoms with E-state index >= 15 is 0 Å². The zero-order valence-electron chi connectivity index (χ0n) is 20.4. The van der Waals surface area contributed by atoms with Crippen LogP contribution in [0, 0.1) is 0 Å². The van der Waals surface area contributed by atoms with Crippen molar-refractivity contribution in [2.24, 2.45) is 0 Å². The summed E-state index contributed by atoms with van der Waals surface area (Å²) in [5.41, 5.74) is 1.90. The van der Waals surface area contributed by atoms with Crippen LogP contribution in [0.1, 0.15) is 47.8 Å². The molecule has 6 rings (SSSR count). The lowest BCUT2D eigenvalue weighted by Gasteiger charge is -2.17. The van der Waals surface area contributed by atoms with Crippen molar-refractivity contribution in [2.45, 2.75) is 0 Å². The number of fused-ring (bicyclic) bond motifs is 2. The number of benzene rings is 6. The van der Waals surface area contributed by atoms with E-state index in [-0.39, 0.29) is 34.0 Å². The van der Waals surface area contributed by atoms with Crippen LogP contribution in [-0.2, 0) is 0 Å². The molecule has 0 radical (unpaired) electrons. The van der Waals surface area contributed by atoms with Gasteiger partial charge in [-0.2, -0.15) is 0 Å². The average molecular weight is 491 g/mol. The minimum Gasteiger partial charge on any atom is -0.289 e. The molecule has 0 aliphatic rings. The zero-order chi connectivity index (χ0) is 26.1. The molecule has 0 spiro atoms. The van der Waals surface area contributed by atoms with Gasteiger partial charge in [-0.1, -0.05) is 115 Å². The highest BCUT2D eigenvalue weighted by atomic mass is 16.1. The second-order valence-corrected chi connectivity index (χ2v) is 9.18. The second-order valence-electron chi connectivity index (χ2n) is 9.18. The highest BCUT2D eigenvalue weighted by Gasteiger charge is 2.29. The molecule has 0 saturated carbocycles. The predicted octanol–water partition coefficient (Wildman–Crippen LogP) is 7.69. The van der Waals surface area contributed by atoms with Gasteiger partial charge in [0.15, 0.2) is 17.3 Å². The molecule has 38 heavy (non-hydrogen) atoms. The summed E-state index contributed by atoms with van der Waals surface area (Å²) in [6.07, 6.45) is 0. The Labute approximate surface area is 220 Å². The van der Waals surface area contributed by atoms with Crippen LogP contribution < -0.4 is 0 Å². The average Bonchev–Trinajstić information content (AvgIpc) is 2.99. The summed E-state index contributed by atoms with van der Waals surface area (Å²) < 4.78 is 0. The lowest BCUT2D eigenvalue weighted by molar-refractivity contribution is 0.0992. The van der Waals surface area contributed by atoms with Crippen LogP contribution in [0.15, 0.2) is 133 Å². The minimum atomic E-state index is -0.362. The summed E-state index contributed by atoms with van der Waals surface area (Å²) >= 11 is 0. The molecule has 0 heterocycles. The molecule has 0 unspecified atom stereocenters. The Balaban J connectivity index is 1.75. The molecule has 0 amide bonds. The van der Waals surface area contributed by atoms with E-state index < -0.39 is 0 Å². The Hall–Kier alpha value is -5.15. The molecule has 6 aromatic rings. The van der Waals surface area contributed by atoms with Crippen LogP contribution in [0.25, 0.3) is 21.5 Å². The van der Waals surface area contributed by atoms with Crippen molar-refractivity contribution in [3.63, 3.8) is 0 Å². The van der Waals surface area contributed by atoms with Gasteiger partial charge in [-0.3, -0.25) is 14.4 Å². The van der Waals surface area contributed by atoms with E-state index in [0.29, 0.717) is 22.1 Å². The number of carbonyl (C=O) groups excluding carboxylic acids is 3. The molecule has 0 aromatic heterocycles. The molecule has 0 aliphatic heterocycles. The maximum atomic E-state index is 14.2. The van der Waals surface area contributed by atoms with Crippen LogP contribution in [0.4, 0.5) is 0 Å². The molecule has 3 nitrogen and oxygen atoms in total. The molecule has 0 aliphatic carbocycles. The van der Waals surface area contributed by atoms with Crippen molar-refractivity contribution in [3.05, 3.63) is 167 Å². The standard InChI is InChI=1S/C35H22O3/c36-33(23-12-4-1-5-13-23)30-22-28-20-26-18-10-11-19-27(26)21-29(28)31(34(37)24-14-6-2-7-15-24)32(30)35(38)25-16-8-3-9-17-25/h1-22H. The van der Waals surface area contributed by atoms with E-state index in [1.165, 1.54) is 0 Å². The number of hydrogen-bond acceptors (Lipinski definition) is 3. The third-order valence-electron chi connectivity index (χ3n) is 6.81. The summed E-state index contributed by atoms with van der Waals surface area (Å²) in [5, 5.41) is 3.30. The normalized spacial score (nSPS) is 10.9. The van der Waals surface area contributed by atoms with Crippen LogP contribution in [0.3, 0.4) is 0 Å². The highest BCUT2D eigenvalue weighted by molar-refractivity contribution is 6.30. The van der Waals surface area contributed by atoms with Gasteiger partial charge in [0, 0.05) is 33.4 Å². The maximum Gasteiger partial charge on any atom is 0.194 e. The fourth-order valence-corrected chi connectivity index (χ4v) is 4.95. The number of ketones is 3. The fraction of sp³-hybridized carbons (Fsp3) is 0. The molecule has 0 atom stereocenters. The van der Waals surface area contributed by atoms with Crippen molar-refractivity contribution in [3.8, 4) is 0 Å². The van der Waals surface area contributed by atoms with E-state index in [1.807, 2.05) is 54.6 Å². The number of rotatable bonds is 6. The lowest BCUT2D eigenvalue weighted by Crippen LogP contribution is -2.18. The van der Waals surface area contributed by atoms with Gasteiger partial charge in [0.1, 0.15) is 0 Å². The highest BCUT2D eigenvalue weighted by Crippen LogP contribution is 2.34. The van der Waals surface area contributed by atoms with Gasteiger partial charge in [0.25, 0.3) is 0 Å². The Morgan fingerprint density at radius 1 is 0.368 bits per heavy atom. The zero-order valence-corrected chi connectivity index (χ0v) is 20.4. The SMILES string of the molecule is O=C(c1ccccc1)c1cc2cc3ccccc3cc2c(C(=O)c2ccccc2)c1C(=O)c1ccccc1. The first kappa shape index (κ1) is 23.3. The van der Waals surface area contributed by atoms with Crippen LogP contribution in [-0.4, -0.2) is 17.3 Å². The van der Waals surface area contributed by atoms with E-state index in [0.717, 1.165) is 16.2 Å². The summed E-state index contributed by atoms with van der Waals surface area (Å²) in [4.78, 5) is 42.3. The first-order valence-electron chi connectivity index (χ1n) is 12.4. The second kappa shape index (κ2) is 9.72. The fourth-order valence-electron chi connectivity index (χ4n) is 4.95. The van der Waals surface area contributed by atoms with Crippen molar-refractivity contribution >= 4 is 38.9 Å². The molecule has 6 aromatic carbocycles. The smallest absolute Gasteiger partial charge is 0.194 e. The minimum absolute atomic E-state index is 0.127. The van der Waals surface area contributed by atoms with Crippen molar-refractivity contribution in [2.75, 3.05) is 0 Å². The third kappa shape index (κ3) is 4.10. The molecular weight excluding hydrogens is 468 g/mol. The van der Waals surface area contributed by atoms with E-state index in [2.05, 4.69) is 0 Å². The Kier molecular flexibility index (Phi) is 5.95. The molecule has 180 valence electrons. The van der Waals surface area contributed by atoms with E-state index in [1.54, 1.807) is 78.9 Å². The van der Waals surface area contributed by atoms with Gasteiger partial charge in [-0.15, -0.1) is 0 Å². The monoisotopic (exact) mass is 490 g/mol. The number of hydrogen-bond donors (Lipinski definition) is 0. The molecule has 0 fully saturated rings. The summed E-state index contributed by atoms with van der Waals surface area (Å²) in [6.45, 7) is 0. The van der Waals surface area contributed by atoms with E-state index in [9.17, 15) is 14.4 Å². The predicted molar refractivity (Wildman–Crippen MR) is 151 cm³/mol. The molecule has 0 bridgehead atoms. The molecule has 3 heteroatoms. The van der Waals surface area contributed by atoms with Crippen molar-refractivity contribution < 1.29 is 14.4 Å². The van der Waals surface area contributed by atoms with Gasteiger partial charge >= 0.3 is 0 Å². The van der Waals surface area contributed by atoms with E-state index in [4.69, 9.17) is 0 Å². The van der Waals surface area contributed by atoms with Gasteiger partial charge in [-0.25, -0.2) is 0 Å². The Morgan fingerprint density at radius 2 is 0.789 bits per heavy atom. The van der Waals surface area contributed by atoms with Gasteiger partial charge in [-0.05, 0) is 39.7 Å². The Bertz CT molecular complexity index is 1840. The largest absolute Gasteiger partial charge is 0.289 e. The Morgan fingerprint density at radius 3 is 1.32 bits per heavy atom. The quantitative estimate of drug-likeness (QED) is 0.178. The van der Waals surface area contributed by atoms with Crippen LogP contribution in [0.2, 0.25) is 0 Å². The molecule has 0 saturated heterocycles. The molecular formula is C35H22O3. The summed E-state index contributed by atoms with van der Waals surface area (Å²) in [5.74, 6) is -0.964. The first-order valence-corrected chi connectivity index (χ1v) is 12.4. The van der Waals surface area contributed by atoms with Crippen molar-refractivity contribution in [1.29, 1.82) is 0 Å². The maximum absolute atomic E-state index is 14.2. The van der Waals surface area contributed by atoms with Gasteiger partial charge < -0.3 is 0 Å². The summed E-state index contributed by atoms with van der Waals surface area (Å²) in [7, 11) is 0. The third-order valence-corrected chi connectivity index (χ3v) is 6.81. The lowest BCUT2D eigenvalue weighted by atomic mass is 9.83. The van der Waals surface area contributed by atoms with Gasteiger partial charge in [0.2, 0.25) is 0 Å².